The van der Waals surface area contributed by atoms with Crippen LogP contribution in [0.4, 0.5) is 11.8 Å². The molecule has 2 fully saturated rings. The number of ether oxygens (including phenoxy) is 1. The number of nitrogens with zero attached hydrogens (tertiary/aromatic N) is 5. The molecular formula is C14H24N6O3S. The maximum Gasteiger partial charge on any atom is 0.244 e. The molecule has 1 aromatic rings. The van der Waals surface area contributed by atoms with Crippen LogP contribution in [0.15, 0.2) is 6.20 Å². The van der Waals surface area contributed by atoms with E-state index in [1.807, 2.05) is 11.9 Å². The van der Waals surface area contributed by atoms with Gasteiger partial charge in [-0.3, -0.25) is 4.90 Å². The van der Waals surface area contributed by atoms with E-state index in [1.165, 1.54) is 0 Å². The lowest BCUT2D eigenvalue weighted by atomic mass is 10.2. The van der Waals surface area contributed by atoms with Gasteiger partial charge in [-0.15, -0.1) is 5.10 Å². The molecule has 0 saturated carbocycles. The van der Waals surface area contributed by atoms with Crippen molar-refractivity contribution in [3.05, 3.63) is 6.20 Å². The van der Waals surface area contributed by atoms with Crippen molar-refractivity contribution in [2.45, 2.75) is 12.5 Å². The van der Waals surface area contributed by atoms with E-state index in [2.05, 4.69) is 25.4 Å². The fourth-order valence-electron chi connectivity index (χ4n) is 2.96. The Hall–Kier alpha value is -1.52. The van der Waals surface area contributed by atoms with E-state index in [9.17, 15) is 8.42 Å². The number of hydrogen-bond acceptors (Lipinski definition) is 9. The first kappa shape index (κ1) is 17.3. The zero-order valence-corrected chi connectivity index (χ0v) is 14.7. The second-order valence-electron chi connectivity index (χ2n) is 6.19. The zero-order valence-electron chi connectivity index (χ0n) is 13.9. The topological polar surface area (TPSA) is 101 Å². The Balaban J connectivity index is 1.53. The number of sulfone groups is 1. The maximum absolute atomic E-state index is 11.6. The number of morpholine rings is 1. The molecule has 0 spiro atoms. The van der Waals surface area contributed by atoms with Crippen molar-refractivity contribution in [3.8, 4) is 0 Å². The minimum Gasteiger partial charge on any atom is -0.379 e. The molecule has 1 aromatic heterocycles. The first-order chi connectivity index (χ1) is 11.5. The van der Waals surface area contributed by atoms with E-state index >= 15 is 0 Å². The van der Waals surface area contributed by atoms with Crippen molar-refractivity contribution >= 4 is 21.6 Å². The van der Waals surface area contributed by atoms with E-state index in [1.54, 1.807) is 6.20 Å². The molecule has 3 rings (SSSR count). The SMILES string of the molecule is CN(c1cnnc(NCCN2CCOCC2)n1)C1CCS(=O)(=O)C1. The molecule has 0 aromatic carbocycles. The lowest BCUT2D eigenvalue weighted by Crippen LogP contribution is -2.39. The van der Waals surface area contributed by atoms with E-state index in [0.29, 0.717) is 18.2 Å². The predicted molar refractivity (Wildman–Crippen MR) is 91.0 cm³/mol. The average molecular weight is 356 g/mol. The van der Waals surface area contributed by atoms with Gasteiger partial charge in [-0.25, -0.2) is 8.42 Å². The van der Waals surface area contributed by atoms with Crippen LogP contribution in [0.25, 0.3) is 0 Å². The van der Waals surface area contributed by atoms with Crippen molar-refractivity contribution in [1.82, 2.24) is 20.1 Å². The minimum absolute atomic E-state index is 0.0482. The van der Waals surface area contributed by atoms with E-state index in [4.69, 9.17) is 4.74 Å². The van der Waals surface area contributed by atoms with Gasteiger partial charge < -0.3 is 15.0 Å². The summed E-state index contributed by atoms with van der Waals surface area (Å²) in [4.78, 5) is 8.65. The van der Waals surface area contributed by atoms with Gasteiger partial charge in [0.05, 0.1) is 30.9 Å². The van der Waals surface area contributed by atoms with Crippen LogP contribution in [0.3, 0.4) is 0 Å². The standard InChI is InChI=1S/C14H24N6O3S/c1-19(12-2-9-24(21,22)11-12)13-10-16-18-14(17-13)15-3-4-20-5-7-23-8-6-20/h10,12H,2-9,11H2,1H3,(H,15,17,18). The van der Waals surface area contributed by atoms with Crippen molar-refractivity contribution in [1.29, 1.82) is 0 Å². The Kier molecular flexibility index (Phi) is 5.47. The lowest BCUT2D eigenvalue weighted by molar-refractivity contribution is 0.0398. The van der Waals surface area contributed by atoms with Crippen LogP contribution in [0.1, 0.15) is 6.42 Å². The summed E-state index contributed by atoms with van der Waals surface area (Å²) in [6, 6.07) is -0.0482. The second kappa shape index (κ2) is 7.58. The van der Waals surface area contributed by atoms with Gasteiger partial charge in [-0.1, -0.05) is 0 Å². The molecule has 0 amide bonds. The van der Waals surface area contributed by atoms with E-state index < -0.39 is 9.84 Å². The van der Waals surface area contributed by atoms with Crippen LogP contribution < -0.4 is 10.2 Å². The Morgan fingerprint density at radius 2 is 2.21 bits per heavy atom. The summed E-state index contributed by atoms with van der Waals surface area (Å²) in [7, 11) is -1.07. The first-order valence-electron chi connectivity index (χ1n) is 8.20. The largest absolute Gasteiger partial charge is 0.379 e. The third kappa shape index (κ3) is 4.52. The highest BCUT2D eigenvalue weighted by Gasteiger charge is 2.31. The molecule has 2 saturated heterocycles. The molecule has 0 bridgehead atoms. The number of nitrogens with one attached hydrogen (secondary N) is 1. The van der Waals surface area contributed by atoms with Crippen molar-refractivity contribution in [2.24, 2.45) is 0 Å². The van der Waals surface area contributed by atoms with Gasteiger partial charge in [0, 0.05) is 39.3 Å². The normalized spacial score (nSPS) is 24.0. The summed E-state index contributed by atoms with van der Waals surface area (Å²) in [5, 5.41) is 11.2. The summed E-state index contributed by atoms with van der Waals surface area (Å²) in [6.07, 6.45) is 2.20. The van der Waals surface area contributed by atoms with Crippen LogP contribution in [0, 0.1) is 0 Å². The van der Waals surface area contributed by atoms with Gasteiger partial charge in [-0.2, -0.15) is 10.1 Å². The highest BCUT2D eigenvalue weighted by Crippen LogP contribution is 2.21. The number of rotatable bonds is 6. The molecular weight excluding hydrogens is 332 g/mol. The molecule has 0 radical (unpaired) electrons. The quantitative estimate of drug-likeness (QED) is 0.705. The van der Waals surface area contributed by atoms with Crippen LogP contribution >= 0.6 is 0 Å². The molecule has 1 atom stereocenters. The molecule has 10 heteroatoms. The monoisotopic (exact) mass is 356 g/mol. The summed E-state index contributed by atoms with van der Waals surface area (Å²) in [5.41, 5.74) is 0. The van der Waals surface area contributed by atoms with Crippen molar-refractivity contribution < 1.29 is 13.2 Å². The molecule has 1 unspecified atom stereocenters. The number of aromatic nitrogens is 3. The van der Waals surface area contributed by atoms with E-state index in [-0.39, 0.29) is 17.5 Å². The zero-order chi connectivity index (χ0) is 17.0. The summed E-state index contributed by atoms with van der Waals surface area (Å²) < 4.78 is 28.6. The van der Waals surface area contributed by atoms with Gasteiger partial charge >= 0.3 is 0 Å². The van der Waals surface area contributed by atoms with Crippen LogP contribution in [-0.4, -0.2) is 92.5 Å². The molecule has 2 aliphatic heterocycles. The highest BCUT2D eigenvalue weighted by molar-refractivity contribution is 7.91. The Bertz CT molecular complexity index is 650. The Morgan fingerprint density at radius 1 is 1.42 bits per heavy atom. The molecule has 3 heterocycles. The third-order valence-corrected chi connectivity index (χ3v) is 6.23. The third-order valence-electron chi connectivity index (χ3n) is 4.48. The number of hydrogen-bond donors (Lipinski definition) is 1. The lowest BCUT2D eigenvalue weighted by Gasteiger charge is -2.26. The first-order valence-corrected chi connectivity index (χ1v) is 10.0. The predicted octanol–water partition coefficient (Wildman–Crippen LogP) is -0.761. The fraction of sp³-hybridized carbons (Fsp3) is 0.786. The van der Waals surface area contributed by atoms with Gasteiger partial charge in [0.15, 0.2) is 15.7 Å². The van der Waals surface area contributed by atoms with Crippen LogP contribution in [0.5, 0.6) is 0 Å². The van der Waals surface area contributed by atoms with Crippen molar-refractivity contribution in [3.63, 3.8) is 0 Å². The fourth-order valence-corrected chi connectivity index (χ4v) is 4.73. The second-order valence-corrected chi connectivity index (χ2v) is 8.42. The molecule has 134 valence electrons. The Morgan fingerprint density at radius 3 is 2.92 bits per heavy atom. The molecule has 24 heavy (non-hydrogen) atoms. The highest BCUT2D eigenvalue weighted by atomic mass is 32.2. The molecule has 1 N–H and O–H groups in total. The van der Waals surface area contributed by atoms with Gasteiger partial charge in [0.1, 0.15) is 0 Å². The van der Waals surface area contributed by atoms with Gasteiger partial charge in [0.2, 0.25) is 5.95 Å². The molecule has 9 nitrogen and oxygen atoms in total. The summed E-state index contributed by atoms with van der Waals surface area (Å²) in [6.45, 7) is 5.07. The summed E-state index contributed by atoms with van der Waals surface area (Å²) in [5.74, 6) is 1.52. The van der Waals surface area contributed by atoms with Crippen LogP contribution in [-0.2, 0) is 14.6 Å². The van der Waals surface area contributed by atoms with E-state index in [0.717, 1.165) is 39.4 Å². The molecule has 2 aliphatic rings. The maximum atomic E-state index is 11.6. The Labute approximate surface area is 142 Å². The van der Waals surface area contributed by atoms with Gasteiger partial charge in [0.25, 0.3) is 0 Å². The number of anilines is 2. The van der Waals surface area contributed by atoms with Gasteiger partial charge in [-0.05, 0) is 6.42 Å². The molecule has 0 aliphatic carbocycles. The minimum atomic E-state index is -2.92. The average Bonchev–Trinajstić information content (AvgIpc) is 2.95. The summed E-state index contributed by atoms with van der Waals surface area (Å²) >= 11 is 0. The smallest absolute Gasteiger partial charge is 0.244 e. The van der Waals surface area contributed by atoms with Crippen LogP contribution in [0.2, 0.25) is 0 Å². The van der Waals surface area contributed by atoms with Crippen molar-refractivity contribution in [2.75, 3.05) is 68.2 Å².